The van der Waals surface area contributed by atoms with Crippen molar-refractivity contribution in [2.75, 3.05) is 17.6 Å². The Morgan fingerprint density at radius 3 is 2.72 bits per heavy atom. The number of hydrogen-bond acceptors (Lipinski definition) is 3. The zero-order chi connectivity index (χ0) is 13.0. The van der Waals surface area contributed by atoms with Crippen molar-refractivity contribution >= 4 is 23.1 Å². The highest BCUT2D eigenvalue weighted by Gasteiger charge is 2.06. The van der Waals surface area contributed by atoms with Gasteiger partial charge in [-0.15, -0.1) is 0 Å². The van der Waals surface area contributed by atoms with Gasteiger partial charge in [-0.1, -0.05) is 48.9 Å². The molecule has 0 saturated carbocycles. The van der Waals surface area contributed by atoms with Crippen LogP contribution in [0.15, 0.2) is 42.6 Å². The maximum atomic E-state index is 5.84. The molecule has 94 valence electrons. The van der Waals surface area contributed by atoms with Crippen molar-refractivity contribution in [2.24, 2.45) is 0 Å². The molecule has 0 radical (unpaired) electrons. The van der Waals surface area contributed by atoms with Crippen molar-refractivity contribution in [3.8, 4) is 0 Å². The van der Waals surface area contributed by atoms with E-state index in [4.69, 9.17) is 17.3 Å². The molecule has 1 unspecified atom stereocenters. The number of nitrogens with two attached hydrogens (primary N) is 1. The summed E-state index contributed by atoms with van der Waals surface area (Å²) < 4.78 is 0. The summed E-state index contributed by atoms with van der Waals surface area (Å²) in [4.78, 5) is 4.18. The van der Waals surface area contributed by atoms with Crippen LogP contribution in [-0.2, 0) is 0 Å². The van der Waals surface area contributed by atoms with E-state index in [2.05, 4.69) is 29.4 Å². The van der Waals surface area contributed by atoms with Crippen LogP contribution in [-0.4, -0.2) is 11.5 Å². The molecular formula is C14H16ClN3. The monoisotopic (exact) mass is 261 g/mol. The van der Waals surface area contributed by atoms with E-state index in [-0.39, 0.29) is 0 Å². The number of nitrogens with one attached hydrogen (secondary N) is 1. The number of aromatic nitrogens is 1. The average molecular weight is 262 g/mol. The molecule has 0 bridgehead atoms. The van der Waals surface area contributed by atoms with Gasteiger partial charge in [0, 0.05) is 12.7 Å². The Kier molecular flexibility index (Phi) is 4.05. The van der Waals surface area contributed by atoms with Crippen LogP contribution in [0.1, 0.15) is 18.4 Å². The Bertz CT molecular complexity index is 514. The molecule has 0 spiro atoms. The number of anilines is 2. The minimum absolute atomic E-state index is 0.392. The Morgan fingerprint density at radius 1 is 1.33 bits per heavy atom. The average Bonchev–Trinajstić information content (AvgIpc) is 2.38. The van der Waals surface area contributed by atoms with E-state index in [0.29, 0.717) is 22.4 Å². The smallest absolute Gasteiger partial charge is 0.149 e. The summed E-state index contributed by atoms with van der Waals surface area (Å²) in [6.07, 6.45) is 1.59. The highest BCUT2D eigenvalue weighted by molar-refractivity contribution is 6.30. The minimum atomic E-state index is 0.392. The molecule has 2 aromatic rings. The molecule has 0 aliphatic carbocycles. The lowest BCUT2D eigenvalue weighted by Gasteiger charge is -2.14. The van der Waals surface area contributed by atoms with Crippen LogP contribution in [0.3, 0.4) is 0 Å². The van der Waals surface area contributed by atoms with Crippen molar-refractivity contribution < 1.29 is 0 Å². The second-order valence-corrected chi connectivity index (χ2v) is 4.72. The zero-order valence-corrected chi connectivity index (χ0v) is 11.0. The summed E-state index contributed by atoms with van der Waals surface area (Å²) in [6.45, 7) is 2.94. The third kappa shape index (κ3) is 3.14. The van der Waals surface area contributed by atoms with E-state index in [9.17, 15) is 0 Å². The van der Waals surface area contributed by atoms with Gasteiger partial charge in [-0.2, -0.15) is 0 Å². The van der Waals surface area contributed by atoms with Crippen molar-refractivity contribution in [3.05, 3.63) is 53.2 Å². The van der Waals surface area contributed by atoms with E-state index in [1.54, 1.807) is 12.3 Å². The van der Waals surface area contributed by atoms with Crippen molar-refractivity contribution in [2.45, 2.75) is 12.8 Å². The van der Waals surface area contributed by atoms with Crippen LogP contribution >= 0.6 is 11.6 Å². The largest absolute Gasteiger partial charge is 0.396 e. The summed E-state index contributed by atoms with van der Waals surface area (Å²) >= 11 is 5.81. The summed E-state index contributed by atoms with van der Waals surface area (Å²) in [5.41, 5.74) is 7.70. The number of hydrogen-bond donors (Lipinski definition) is 2. The lowest BCUT2D eigenvalue weighted by molar-refractivity contribution is 0.802. The second kappa shape index (κ2) is 5.74. The standard InChI is InChI=1S/C14H16ClN3/c1-10(11-5-3-2-4-6-11)8-17-14-13(16)7-12(15)9-18-14/h2-7,9-10H,8,16H2,1H3,(H,17,18). The van der Waals surface area contributed by atoms with Gasteiger partial charge in [0.1, 0.15) is 5.82 Å². The molecule has 0 aliphatic rings. The third-order valence-corrected chi connectivity index (χ3v) is 3.03. The fourth-order valence-electron chi connectivity index (χ4n) is 1.75. The number of benzene rings is 1. The predicted molar refractivity (Wildman–Crippen MR) is 77.0 cm³/mol. The highest BCUT2D eigenvalue weighted by Crippen LogP contribution is 2.21. The van der Waals surface area contributed by atoms with Crippen LogP contribution < -0.4 is 11.1 Å². The Balaban J connectivity index is 1.99. The molecule has 0 aliphatic heterocycles. The van der Waals surface area contributed by atoms with Crippen LogP contribution in [0.4, 0.5) is 11.5 Å². The first-order valence-corrected chi connectivity index (χ1v) is 6.24. The van der Waals surface area contributed by atoms with Gasteiger partial charge in [0.2, 0.25) is 0 Å². The van der Waals surface area contributed by atoms with Gasteiger partial charge >= 0.3 is 0 Å². The summed E-state index contributed by atoms with van der Waals surface area (Å²) in [5.74, 6) is 1.07. The Hall–Kier alpha value is -1.74. The molecule has 3 N–H and O–H groups in total. The second-order valence-electron chi connectivity index (χ2n) is 4.28. The van der Waals surface area contributed by atoms with Gasteiger partial charge in [0.05, 0.1) is 10.7 Å². The topological polar surface area (TPSA) is 50.9 Å². The lowest BCUT2D eigenvalue weighted by atomic mass is 10.0. The first-order chi connectivity index (χ1) is 8.66. The molecular weight excluding hydrogens is 246 g/mol. The fraction of sp³-hybridized carbons (Fsp3) is 0.214. The normalized spacial score (nSPS) is 12.1. The maximum absolute atomic E-state index is 5.84. The van der Waals surface area contributed by atoms with Gasteiger partial charge in [0.25, 0.3) is 0 Å². The molecule has 0 saturated heterocycles. The molecule has 3 nitrogen and oxygen atoms in total. The van der Waals surface area contributed by atoms with Gasteiger partial charge in [-0.25, -0.2) is 4.98 Å². The predicted octanol–water partition coefficient (Wildman–Crippen LogP) is 3.53. The van der Waals surface area contributed by atoms with Crippen LogP contribution in [0.5, 0.6) is 0 Å². The van der Waals surface area contributed by atoms with Crippen LogP contribution in [0.2, 0.25) is 5.02 Å². The van der Waals surface area contributed by atoms with Crippen molar-refractivity contribution in [1.29, 1.82) is 0 Å². The molecule has 0 amide bonds. The quantitative estimate of drug-likeness (QED) is 0.885. The lowest BCUT2D eigenvalue weighted by Crippen LogP contribution is -2.12. The zero-order valence-electron chi connectivity index (χ0n) is 10.2. The molecule has 1 aromatic heterocycles. The maximum Gasteiger partial charge on any atom is 0.149 e. The summed E-state index contributed by atoms with van der Waals surface area (Å²) in [6, 6.07) is 12.0. The molecule has 2 rings (SSSR count). The Labute approximate surface area is 112 Å². The van der Waals surface area contributed by atoms with Crippen molar-refractivity contribution in [1.82, 2.24) is 4.98 Å². The SMILES string of the molecule is CC(CNc1ncc(Cl)cc1N)c1ccccc1. The molecule has 1 atom stereocenters. The highest BCUT2D eigenvalue weighted by atomic mass is 35.5. The number of halogens is 1. The molecule has 4 heteroatoms. The number of rotatable bonds is 4. The number of nitrogens with zero attached hydrogens (tertiary/aromatic N) is 1. The Morgan fingerprint density at radius 2 is 2.06 bits per heavy atom. The van der Waals surface area contributed by atoms with Gasteiger partial charge in [-0.05, 0) is 17.5 Å². The molecule has 1 aromatic carbocycles. The van der Waals surface area contributed by atoms with Gasteiger partial charge in [0.15, 0.2) is 0 Å². The van der Waals surface area contributed by atoms with E-state index >= 15 is 0 Å². The van der Waals surface area contributed by atoms with Crippen LogP contribution in [0.25, 0.3) is 0 Å². The van der Waals surface area contributed by atoms with E-state index in [0.717, 1.165) is 6.54 Å². The first kappa shape index (κ1) is 12.7. The summed E-state index contributed by atoms with van der Waals surface area (Å²) in [7, 11) is 0. The van der Waals surface area contributed by atoms with Gasteiger partial charge < -0.3 is 11.1 Å². The summed E-state index contributed by atoms with van der Waals surface area (Å²) in [5, 5.41) is 3.79. The number of nitrogen functional groups attached to an aromatic ring is 1. The van der Waals surface area contributed by atoms with E-state index in [1.807, 2.05) is 18.2 Å². The van der Waals surface area contributed by atoms with Crippen molar-refractivity contribution in [3.63, 3.8) is 0 Å². The van der Waals surface area contributed by atoms with E-state index < -0.39 is 0 Å². The van der Waals surface area contributed by atoms with E-state index in [1.165, 1.54) is 5.56 Å². The molecule has 0 fully saturated rings. The molecule has 1 heterocycles. The van der Waals surface area contributed by atoms with Gasteiger partial charge in [-0.3, -0.25) is 0 Å². The fourth-order valence-corrected chi connectivity index (χ4v) is 1.92. The first-order valence-electron chi connectivity index (χ1n) is 5.86. The number of pyridine rings is 1. The van der Waals surface area contributed by atoms with Crippen LogP contribution in [0, 0.1) is 0 Å². The molecule has 18 heavy (non-hydrogen) atoms. The minimum Gasteiger partial charge on any atom is -0.396 e. The third-order valence-electron chi connectivity index (χ3n) is 2.83.